The first-order valence-corrected chi connectivity index (χ1v) is 12.2. The number of benzene rings is 1. The second-order valence-electron chi connectivity index (χ2n) is 8.35. The van der Waals surface area contributed by atoms with Gasteiger partial charge in [-0.25, -0.2) is 14.6 Å². The first-order chi connectivity index (χ1) is 17.0. The number of carbonyl (C=O) groups is 2. The van der Waals surface area contributed by atoms with Crippen molar-refractivity contribution in [2.45, 2.75) is 38.8 Å². The van der Waals surface area contributed by atoms with Gasteiger partial charge < -0.3 is 10.6 Å². The van der Waals surface area contributed by atoms with Crippen LogP contribution in [0.3, 0.4) is 0 Å². The Morgan fingerprint density at radius 1 is 1.14 bits per heavy atom. The lowest BCUT2D eigenvalue weighted by Gasteiger charge is -2.14. The molecule has 1 aliphatic carbocycles. The molecule has 178 valence electrons. The Labute approximate surface area is 205 Å². The highest BCUT2D eigenvalue weighted by Gasteiger charge is 2.26. The normalized spacial score (nSPS) is 14.5. The van der Waals surface area contributed by atoms with Crippen LogP contribution in [0.5, 0.6) is 0 Å². The van der Waals surface area contributed by atoms with E-state index in [9.17, 15) is 9.59 Å². The summed E-state index contributed by atoms with van der Waals surface area (Å²) in [5.41, 5.74) is 4.51. The van der Waals surface area contributed by atoms with Gasteiger partial charge in [-0.2, -0.15) is 0 Å². The zero-order valence-electron chi connectivity index (χ0n) is 19.4. The molecule has 0 bridgehead atoms. The molecule has 0 unspecified atom stereocenters. The predicted octanol–water partition coefficient (Wildman–Crippen LogP) is 2.64. The molecule has 35 heavy (non-hydrogen) atoms. The lowest BCUT2D eigenvalue weighted by molar-refractivity contribution is 0.0931. The monoisotopic (exact) mass is 488 g/mol. The molecule has 0 aliphatic heterocycles. The van der Waals surface area contributed by atoms with Gasteiger partial charge in [0.2, 0.25) is 0 Å². The van der Waals surface area contributed by atoms with Crippen LogP contribution in [0.15, 0.2) is 42.0 Å². The van der Waals surface area contributed by atoms with E-state index in [1.165, 1.54) is 17.3 Å². The highest BCUT2D eigenvalue weighted by atomic mass is 32.1. The van der Waals surface area contributed by atoms with Gasteiger partial charge >= 0.3 is 0 Å². The minimum Gasteiger partial charge on any atom is -0.347 e. The Morgan fingerprint density at radius 2 is 1.97 bits per heavy atom. The number of hydrogen-bond donors (Lipinski definition) is 2. The van der Waals surface area contributed by atoms with Gasteiger partial charge in [-0.1, -0.05) is 19.1 Å². The number of hydrogen-bond acceptors (Lipinski definition) is 8. The largest absolute Gasteiger partial charge is 0.347 e. The van der Waals surface area contributed by atoms with E-state index >= 15 is 0 Å². The number of carbonyl (C=O) groups excluding carboxylic acids is 2. The number of rotatable bonds is 7. The van der Waals surface area contributed by atoms with Crippen molar-refractivity contribution in [2.75, 3.05) is 0 Å². The molecular weight excluding hydrogens is 464 g/mol. The van der Waals surface area contributed by atoms with Gasteiger partial charge in [0, 0.05) is 30.1 Å². The van der Waals surface area contributed by atoms with E-state index in [1.54, 1.807) is 23.1 Å². The summed E-state index contributed by atoms with van der Waals surface area (Å²) in [4.78, 5) is 34.9. The van der Waals surface area contributed by atoms with Gasteiger partial charge in [0.1, 0.15) is 17.7 Å². The molecular formula is C24H24N8O2S. The fourth-order valence-corrected chi connectivity index (χ4v) is 5.04. The van der Waals surface area contributed by atoms with E-state index in [2.05, 4.69) is 55.2 Å². The number of tetrazole rings is 1. The topological polar surface area (TPSA) is 128 Å². The number of fused-ring (bicyclic) bond motifs is 1. The summed E-state index contributed by atoms with van der Waals surface area (Å²) < 4.78 is 1.63. The van der Waals surface area contributed by atoms with Crippen molar-refractivity contribution in [3.63, 3.8) is 0 Å². The molecule has 3 aromatic heterocycles. The second-order valence-corrected chi connectivity index (χ2v) is 9.35. The first-order valence-electron chi connectivity index (χ1n) is 11.3. The molecule has 0 fully saturated rings. The third-order valence-electron chi connectivity index (χ3n) is 6.05. The molecule has 1 atom stereocenters. The number of aromatic nitrogens is 6. The maximum Gasteiger partial charge on any atom is 0.270 e. The summed E-state index contributed by atoms with van der Waals surface area (Å²) in [5, 5.41) is 19.6. The Morgan fingerprint density at radius 3 is 2.71 bits per heavy atom. The zero-order valence-corrected chi connectivity index (χ0v) is 20.2. The van der Waals surface area contributed by atoms with E-state index in [4.69, 9.17) is 0 Å². The first kappa shape index (κ1) is 22.8. The number of nitrogens with one attached hydrogen (secondary N) is 2. The molecule has 0 saturated heterocycles. The van der Waals surface area contributed by atoms with Crippen molar-refractivity contribution in [3.05, 3.63) is 75.0 Å². The molecule has 1 aliphatic rings. The summed E-state index contributed by atoms with van der Waals surface area (Å²) in [6, 6.07) is 9.40. The van der Waals surface area contributed by atoms with E-state index in [-0.39, 0.29) is 29.2 Å². The minimum atomic E-state index is -0.345. The lowest BCUT2D eigenvalue weighted by atomic mass is 10.0. The molecule has 0 spiro atoms. The van der Waals surface area contributed by atoms with Crippen LogP contribution in [0, 0.1) is 0 Å². The van der Waals surface area contributed by atoms with Gasteiger partial charge in [0.15, 0.2) is 5.82 Å². The smallest absolute Gasteiger partial charge is 0.270 e. The van der Waals surface area contributed by atoms with E-state index < -0.39 is 0 Å². The van der Waals surface area contributed by atoms with Crippen LogP contribution in [0.1, 0.15) is 61.9 Å². The third-order valence-corrected chi connectivity index (χ3v) is 7.18. The summed E-state index contributed by atoms with van der Waals surface area (Å²) in [6.07, 6.45) is 3.82. The molecule has 4 aromatic rings. The summed E-state index contributed by atoms with van der Waals surface area (Å²) >= 11 is 1.67. The minimum absolute atomic E-state index is 0.136. The number of aryl methyl sites for hydroxylation is 3. The van der Waals surface area contributed by atoms with E-state index in [0.29, 0.717) is 12.4 Å². The van der Waals surface area contributed by atoms with Crippen LogP contribution in [-0.2, 0) is 26.4 Å². The third kappa shape index (κ3) is 4.80. The van der Waals surface area contributed by atoms with E-state index in [1.807, 2.05) is 17.5 Å². The van der Waals surface area contributed by atoms with Gasteiger partial charge in [-0.3, -0.25) is 9.59 Å². The maximum atomic E-state index is 12.9. The van der Waals surface area contributed by atoms with Crippen molar-refractivity contribution in [1.29, 1.82) is 0 Å². The molecule has 0 radical (unpaired) electrons. The quantitative estimate of drug-likeness (QED) is 0.409. The van der Waals surface area contributed by atoms with Crippen LogP contribution >= 0.6 is 11.3 Å². The van der Waals surface area contributed by atoms with Crippen molar-refractivity contribution < 1.29 is 9.59 Å². The Kier molecular flexibility index (Phi) is 6.32. The van der Waals surface area contributed by atoms with E-state index in [0.717, 1.165) is 41.5 Å². The second kappa shape index (κ2) is 9.71. The molecule has 2 N–H and O–H groups in total. The highest BCUT2D eigenvalue weighted by molar-refractivity contribution is 7.10. The maximum absolute atomic E-state index is 12.9. The van der Waals surface area contributed by atoms with Crippen LogP contribution in [0.4, 0.5) is 0 Å². The van der Waals surface area contributed by atoms with Crippen molar-refractivity contribution in [1.82, 2.24) is 40.8 Å². The number of amides is 2. The van der Waals surface area contributed by atoms with Gasteiger partial charge in [0.05, 0.1) is 6.04 Å². The summed E-state index contributed by atoms with van der Waals surface area (Å²) in [5.74, 6) is 0.00545. The van der Waals surface area contributed by atoms with Gasteiger partial charge in [-0.15, -0.1) is 16.4 Å². The summed E-state index contributed by atoms with van der Waals surface area (Å²) in [6.45, 7) is 2.51. The highest BCUT2D eigenvalue weighted by Crippen LogP contribution is 2.33. The molecule has 2 amide bonds. The molecule has 5 rings (SSSR count). The number of nitrogens with zero attached hydrogens (tertiary/aromatic N) is 6. The molecule has 10 nitrogen and oxygen atoms in total. The standard InChI is InChI=1S/C24H24N8O2S/c1-3-17-8-14(12-35-17)11-25-23(33)20-10-21(27-13-26-20)24(34)28-19-7-5-15-9-16(4-6-18(15)19)22-29-30-31-32(22)2/h4,6,8-10,12-13,19H,3,5,7,11H2,1-2H3,(H,25,33)(H,28,34)/t19-/m0/s1. The number of thiophene rings is 1. The average Bonchev–Trinajstić information content (AvgIpc) is 3.62. The fourth-order valence-electron chi connectivity index (χ4n) is 4.20. The molecule has 0 saturated carbocycles. The zero-order chi connectivity index (χ0) is 24.4. The van der Waals surface area contributed by atoms with Crippen molar-refractivity contribution in [3.8, 4) is 11.4 Å². The molecule has 3 heterocycles. The molecule has 11 heteroatoms. The Hall–Kier alpha value is -3.99. The lowest BCUT2D eigenvalue weighted by Crippen LogP contribution is -2.29. The SMILES string of the molecule is CCc1cc(CNC(=O)c2cc(C(=O)N[C@H]3CCc4cc(-c5nnnn5C)ccc43)ncn2)cs1. The van der Waals surface area contributed by atoms with Gasteiger partial charge in [0.25, 0.3) is 11.8 Å². The Balaban J connectivity index is 1.24. The predicted molar refractivity (Wildman–Crippen MR) is 130 cm³/mol. The fraction of sp³-hybridized carbons (Fsp3) is 0.292. The Bertz CT molecular complexity index is 1400. The van der Waals surface area contributed by atoms with Crippen LogP contribution < -0.4 is 10.6 Å². The van der Waals surface area contributed by atoms with Crippen LogP contribution in [0.2, 0.25) is 0 Å². The molecule has 1 aromatic carbocycles. The van der Waals surface area contributed by atoms with Crippen molar-refractivity contribution >= 4 is 23.2 Å². The van der Waals surface area contributed by atoms with Gasteiger partial charge in [-0.05, 0) is 63.9 Å². The average molecular weight is 489 g/mol. The van der Waals surface area contributed by atoms with Crippen LogP contribution in [-0.4, -0.2) is 42.0 Å². The van der Waals surface area contributed by atoms with Crippen molar-refractivity contribution in [2.24, 2.45) is 7.05 Å². The summed E-state index contributed by atoms with van der Waals surface area (Å²) in [7, 11) is 1.80. The van der Waals surface area contributed by atoms with Crippen LogP contribution in [0.25, 0.3) is 11.4 Å².